The second-order valence-electron chi connectivity index (χ2n) is 8.24. The summed E-state index contributed by atoms with van der Waals surface area (Å²) in [5.74, 6) is 0.458. The van der Waals surface area contributed by atoms with Gasteiger partial charge in [-0.1, -0.05) is 6.07 Å². The Balaban J connectivity index is 1.23. The summed E-state index contributed by atoms with van der Waals surface area (Å²) in [4.78, 5) is 21.7. The smallest absolute Gasteiger partial charge is 0.255 e. The van der Waals surface area contributed by atoms with Gasteiger partial charge in [0.05, 0.1) is 23.8 Å². The van der Waals surface area contributed by atoms with E-state index in [4.69, 9.17) is 4.74 Å². The SMILES string of the molecule is Cc1cccn2cc(COc3ccc(C(=O)Nc4cnc5c(cnn5C(C)C)c4)cc3)nc12. The van der Waals surface area contributed by atoms with Crippen molar-refractivity contribution in [2.75, 3.05) is 5.32 Å². The molecule has 5 rings (SSSR count). The van der Waals surface area contributed by atoms with Crippen molar-refractivity contribution in [1.29, 1.82) is 0 Å². The number of ether oxygens (including phenoxy) is 1. The van der Waals surface area contributed by atoms with Crippen LogP contribution in [0.3, 0.4) is 0 Å². The van der Waals surface area contributed by atoms with Crippen molar-refractivity contribution in [3.63, 3.8) is 0 Å². The molecule has 0 aliphatic carbocycles. The maximum Gasteiger partial charge on any atom is 0.255 e. The standard InChI is InChI=1S/C25H24N6O2/c1-16(2)31-24-19(12-27-31)11-20(13-26-24)29-25(32)18-6-8-22(9-7-18)33-15-21-14-30-10-4-5-17(3)23(30)28-21/h4-14,16H,15H2,1-3H3,(H,29,32). The molecule has 0 saturated heterocycles. The molecular formula is C25H24N6O2. The highest BCUT2D eigenvalue weighted by Crippen LogP contribution is 2.20. The van der Waals surface area contributed by atoms with Crippen LogP contribution in [0.25, 0.3) is 16.7 Å². The van der Waals surface area contributed by atoms with Crippen molar-refractivity contribution < 1.29 is 9.53 Å². The fourth-order valence-electron chi connectivity index (χ4n) is 3.72. The summed E-state index contributed by atoms with van der Waals surface area (Å²) in [6.07, 6.45) is 7.33. The molecule has 33 heavy (non-hydrogen) atoms. The molecule has 4 heterocycles. The first-order chi connectivity index (χ1) is 16.0. The van der Waals surface area contributed by atoms with Crippen LogP contribution in [0.15, 0.2) is 67.3 Å². The van der Waals surface area contributed by atoms with Gasteiger partial charge in [-0.05, 0) is 62.7 Å². The van der Waals surface area contributed by atoms with Crippen LogP contribution in [0.5, 0.6) is 5.75 Å². The Labute approximate surface area is 190 Å². The van der Waals surface area contributed by atoms with Crippen molar-refractivity contribution in [3.8, 4) is 5.75 Å². The van der Waals surface area contributed by atoms with Gasteiger partial charge < -0.3 is 14.5 Å². The molecule has 0 aliphatic rings. The van der Waals surface area contributed by atoms with E-state index in [0.717, 1.165) is 27.9 Å². The third kappa shape index (κ3) is 4.15. The zero-order valence-electron chi connectivity index (χ0n) is 18.7. The van der Waals surface area contributed by atoms with Gasteiger partial charge in [0, 0.05) is 29.4 Å². The van der Waals surface area contributed by atoms with Gasteiger partial charge in [0.1, 0.15) is 18.0 Å². The highest BCUT2D eigenvalue weighted by atomic mass is 16.5. The molecule has 0 bridgehead atoms. The van der Waals surface area contributed by atoms with Crippen LogP contribution in [0.4, 0.5) is 5.69 Å². The van der Waals surface area contributed by atoms with E-state index in [1.165, 1.54) is 0 Å². The third-order valence-corrected chi connectivity index (χ3v) is 5.41. The van der Waals surface area contributed by atoms with Crippen molar-refractivity contribution in [2.24, 2.45) is 0 Å². The Morgan fingerprint density at radius 1 is 1.12 bits per heavy atom. The molecule has 8 nitrogen and oxygen atoms in total. The van der Waals surface area contributed by atoms with Crippen LogP contribution in [0.1, 0.15) is 41.5 Å². The van der Waals surface area contributed by atoms with Gasteiger partial charge in [0.25, 0.3) is 5.91 Å². The highest BCUT2D eigenvalue weighted by molar-refractivity contribution is 6.04. The Kier molecular flexibility index (Phi) is 5.26. The number of hydrogen-bond donors (Lipinski definition) is 1. The first kappa shape index (κ1) is 20.7. The zero-order chi connectivity index (χ0) is 22.9. The number of carbonyl (C=O) groups is 1. The summed E-state index contributed by atoms with van der Waals surface area (Å²) in [5.41, 5.74) is 4.83. The maximum atomic E-state index is 12.7. The van der Waals surface area contributed by atoms with E-state index in [1.807, 2.05) is 46.6 Å². The van der Waals surface area contributed by atoms with Crippen molar-refractivity contribution in [3.05, 3.63) is 84.1 Å². The number of anilines is 1. The molecule has 1 N–H and O–H groups in total. The van der Waals surface area contributed by atoms with E-state index in [2.05, 4.69) is 34.2 Å². The quantitative estimate of drug-likeness (QED) is 0.410. The molecule has 166 valence electrons. The first-order valence-corrected chi connectivity index (χ1v) is 10.8. The van der Waals surface area contributed by atoms with Crippen LogP contribution in [0, 0.1) is 6.92 Å². The monoisotopic (exact) mass is 440 g/mol. The number of carbonyl (C=O) groups excluding carboxylic acids is 1. The van der Waals surface area contributed by atoms with Gasteiger partial charge in [0.15, 0.2) is 5.65 Å². The van der Waals surface area contributed by atoms with Crippen LogP contribution < -0.4 is 10.1 Å². The second-order valence-corrected chi connectivity index (χ2v) is 8.24. The molecule has 0 atom stereocenters. The number of pyridine rings is 2. The molecule has 0 saturated carbocycles. The normalized spacial score (nSPS) is 11.4. The Hall–Kier alpha value is -4.20. The summed E-state index contributed by atoms with van der Waals surface area (Å²) in [5, 5.41) is 8.14. The number of nitrogens with one attached hydrogen (secondary N) is 1. The molecule has 1 aromatic carbocycles. The number of benzene rings is 1. The van der Waals surface area contributed by atoms with Gasteiger partial charge in [-0.15, -0.1) is 0 Å². The minimum Gasteiger partial charge on any atom is -0.487 e. The predicted octanol–water partition coefficient (Wildman–Crippen LogP) is 4.80. The molecule has 8 heteroatoms. The molecular weight excluding hydrogens is 416 g/mol. The topological polar surface area (TPSA) is 86.3 Å². The molecule has 1 amide bonds. The van der Waals surface area contributed by atoms with E-state index in [1.54, 1.807) is 36.7 Å². The molecule has 5 aromatic rings. The predicted molar refractivity (Wildman–Crippen MR) is 127 cm³/mol. The molecule has 0 unspecified atom stereocenters. The summed E-state index contributed by atoms with van der Waals surface area (Å²) >= 11 is 0. The summed E-state index contributed by atoms with van der Waals surface area (Å²) < 4.78 is 9.70. The Morgan fingerprint density at radius 2 is 1.94 bits per heavy atom. The zero-order valence-corrected chi connectivity index (χ0v) is 18.7. The first-order valence-electron chi connectivity index (χ1n) is 10.8. The summed E-state index contributed by atoms with van der Waals surface area (Å²) in [6, 6.07) is 13.2. The van der Waals surface area contributed by atoms with Crippen molar-refractivity contribution in [1.82, 2.24) is 24.1 Å². The number of rotatable bonds is 6. The van der Waals surface area contributed by atoms with Crippen LogP contribution >= 0.6 is 0 Å². The lowest BCUT2D eigenvalue weighted by atomic mass is 10.2. The van der Waals surface area contributed by atoms with Crippen molar-refractivity contribution >= 4 is 28.3 Å². The lowest BCUT2D eigenvalue weighted by Crippen LogP contribution is -2.12. The molecule has 4 aromatic heterocycles. The fraction of sp³-hybridized carbons (Fsp3) is 0.200. The van der Waals surface area contributed by atoms with E-state index in [0.29, 0.717) is 23.6 Å². The lowest BCUT2D eigenvalue weighted by molar-refractivity contribution is 0.102. The molecule has 0 spiro atoms. The van der Waals surface area contributed by atoms with Gasteiger partial charge in [-0.3, -0.25) is 4.79 Å². The van der Waals surface area contributed by atoms with Gasteiger partial charge >= 0.3 is 0 Å². The highest BCUT2D eigenvalue weighted by Gasteiger charge is 2.11. The average molecular weight is 441 g/mol. The number of aryl methyl sites for hydroxylation is 1. The maximum absolute atomic E-state index is 12.7. The minimum absolute atomic E-state index is 0.213. The number of aromatic nitrogens is 5. The molecule has 0 aliphatic heterocycles. The number of imidazole rings is 1. The Morgan fingerprint density at radius 3 is 2.70 bits per heavy atom. The van der Waals surface area contributed by atoms with Crippen LogP contribution in [0.2, 0.25) is 0 Å². The van der Waals surface area contributed by atoms with Crippen LogP contribution in [-0.2, 0) is 6.61 Å². The van der Waals surface area contributed by atoms with Gasteiger partial charge in [-0.25, -0.2) is 14.6 Å². The minimum atomic E-state index is -0.213. The number of hydrogen-bond acceptors (Lipinski definition) is 5. The van der Waals surface area contributed by atoms with Gasteiger partial charge in [-0.2, -0.15) is 5.10 Å². The second kappa shape index (κ2) is 8.38. The van der Waals surface area contributed by atoms with E-state index >= 15 is 0 Å². The average Bonchev–Trinajstić information content (AvgIpc) is 3.42. The number of fused-ring (bicyclic) bond motifs is 2. The fourth-order valence-corrected chi connectivity index (χ4v) is 3.72. The van der Waals surface area contributed by atoms with E-state index < -0.39 is 0 Å². The number of amides is 1. The largest absolute Gasteiger partial charge is 0.487 e. The summed E-state index contributed by atoms with van der Waals surface area (Å²) in [7, 11) is 0. The summed E-state index contributed by atoms with van der Waals surface area (Å²) in [6.45, 7) is 6.48. The lowest BCUT2D eigenvalue weighted by Gasteiger charge is -2.08. The third-order valence-electron chi connectivity index (χ3n) is 5.41. The Bertz CT molecular complexity index is 1450. The van der Waals surface area contributed by atoms with E-state index in [9.17, 15) is 4.79 Å². The molecule has 0 fully saturated rings. The van der Waals surface area contributed by atoms with Gasteiger partial charge in [0.2, 0.25) is 0 Å². The van der Waals surface area contributed by atoms with Crippen LogP contribution in [-0.4, -0.2) is 30.1 Å². The van der Waals surface area contributed by atoms with E-state index in [-0.39, 0.29) is 11.9 Å². The number of nitrogens with zero attached hydrogens (tertiary/aromatic N) is 5. The molecule has 0 radical (unpaired) electrons. The van der Waals surface area contributed by atoms with Crippen molar-refractivity contribution in [2.45, 2.75) is 33.4 Å².